The molecule has 2 amide bonds. The van der Waals surface area contributed by atoms with Gasteiger partial charge in [0.25, 0.3) is 0 Å². The summed E-state index contributed by atoms with van der Waals surface area (Å²) in [6.45, 7) is 2.39. The van der Waals surface area contributed by atoms with E-state index in [1.807, 2.05) is 0 Å². The summed E-state index contributed by atoms with van der Waals surface area (Å²) in [4.78, 5) is 29.2. The molecule has 0 aliphatic carbocycles. The second-order valence-corrected chi connectivity index (χ2v) is 7.08. The fourth-order valence-electron chi connectivity index (χ4n) is 3.19. The van der Waals surface area contributed by atoms with Gasteiger partial charge in [-0.05, 0) is 29.7 Å². The highest BCUT2D eigenvalue weighted by Crippen LogP contribution is 2.30. The lowest BCUT2D eigenvalue weighted by Crippen LogP contribution is -2.46. The molecule has 3 rings (SSSR count). The largest absolute Gasteiger partial charge is 0.416 e. The van der Waals surface area contributed by atoms with E-state index in [-0.39, 0.29) is 18.4 Å². The molecule has 1 saturated heterocycles. The van der Waals surface area contributed by atoms with Gasteiger partial charge in [0.2, 0.25) is 11.8 Å². The first-order chi connectivity index (χ1) is 14.2. The monoisotopic (exact) mass is 421 g/mol. The second-order valence-electron chi connectivity index (χ2n) is 7.08. The number of nitrogens with one attached hydrogen (secondary N) is 1. The third-order valence-electron chi connectivity index (χ3n) is 4.75. The maximum Gasteiger partial charge on any atom is 0.416 e. The number of hydrogen-bond acceptors (Lipinski definition) is 4. The van der Waals surface area contributed by atoms with Crippen molar-refractivity contribution in [3.63, 3.8) is 0 Å². The average molecular weight is 421 g/mol. The smallest absolute Gasteiger partial charge is 0.368 e. The minimum Gasteiger partial charge on any atom is -0.368 e. The molecular formula is C21H22F3N3O3. The molecule has 1 aliphatic heterocycles. The summed E-state index contributed by atoms with van der Waals surface area (Å²) in [6.07, 6.45) is -2.84. The quantitative estimate of drug-likeness (QED) is 0.806. The van der Waals surface area contributed by atoms with Crippen molar-refractivity contribution in [1.29, 1.82) is 0 Å². The van der Waals surface area contributed by atoms with Crippen molar-refractivity contribution in [3.8, 4) is 0 Å². The van der Waals surface area contributed by atoms with Crippen LogP contribution < -0.4 is 5.32 Å². The van der Waals surface area contributed by atoms with Gasteiger partial charge in [-0.2, -0.15) is 13.2 Å². The van der Waals surface area contributed by atoms with Crippen molar-refractivity contribution in [1.82, 2.24) is 15.2 Å². The number of rotatable bonds is 5. The Morgan fingerprint density at radius 1 is 1.23 bits per heavy atom. The SMILES string of the molecule is CC(=O)NCC(=O)N1CCO[C@H](c2ccc(Cc3cccc(C(F)(F)F)c3)cn2)C1. The zero-order valence-corrected chi connectivity index (χ0v) is 16.4. The number of carbonyl (C=O) groups is 2. The summed E-state index contributed by atoms with van der Waals surface area (Å²) in [5.74, 6) is -0.467. The topological polar surface area (TPSA) is 71.5 Å². The molecule has 2 aromatic rings. The minimum absolute atomic E-state index is 0.0641. The normalized spacial score (nSPS) is 16.9. The molecular weight excluding hydrogens is 399 g/mol. The van der Waals surface area contributed by atoms with E-state index >= 15 is 0 Å². The summed E-state index contributed by atoms with van der Waals surface area (Å²) >= 11 is 0. The third kappa shape index (κ3) is 5.79. The Bertz CT molecular complexity index is 900. The van der Waals surface area contributed by atoms with Crippen LogP contribution in [-0.2, 0) is 26.9 Å². The number of carbonyl (C=O) groups excluding carboxylic acids is 2. The average Bonchev–Trinajstić information content (AvgIpc) is 2.72. The van der Waals surface area contributed by atoms with Crippen LogP contribution in [0.4, 0.5) is 13.2 Å². The van der Waals surface area contributed by atoms with Gasteiger partial charge in [0, 0.05) is 19.7 Å². The Balaban J connectivity index is 1.63. The van der Waals surface area contributed by atoms with Crippen LogP contribution in [0.1, 0.15) is 35.4 Å². The van der Waals surface area contributed by atoms with Crippen LogP contribution in [0.25, 0.3) is 0 Å². The number of ether oxygens (including phenoxy) is 1. The number of pyridine rings is 1. The lowest BCUT2D eigenvalue weighted by molar-refractivity contribution is -0.139. The van der Waals surface area contributed by atoms with Crippen molar-refractivity contribution < 1.29 is 27.5 Å². The molecule has 6 nitrogen and oxygen atoms in total. The van der Waals surface area contributed by atoms with Crippen LogP contribution in [0.3, 0.4) is 0 Å². The van der Waals surface area contributed by atoms with E-state index in [0.717, 1.165) is 17.7 Å². The van der Waals surface area contributed by atoms with Gasteiger partial charge in [-0.3, -0.25) is 14.6 Å². The molecule has 1 N–H and O–H groups in total. The van der Waals surface area contributed by atoms with Gasteiger partial charge in [-0.25, -0.2) is 0 Å². The molecule has 1 fully saturated rings. The maximum atomic E-state index is 12.9. The highest BCUT2D eigenvalue weighted by atomic mass is 19.4. The number of benzene rings is 1. The standard InChI is InChI=1S/C21H22F3N3O3/c1-14(28)25-12-20(29)27-7-8-30-19(13-27)18-6-5-16(11-26-18)9-15-3-2-4-17(10-15)21(22,23)24/h2-6,10-11,19H,7-9,12-13H2,1H3,(H,25,28)/t19-/m0/s1. The first-order valence-electron chi connectivity index (χ1n) is 9.47. The van der Waals surface area contributed by atoms with Crippen LogP contribution >= 0.6 is 0 Å². The molecule has 1 aliphatic rings. The van der Waals surface area contributed by atoms with Gasteiger partial charge in [-0.1, -0.05) is 24.3 Å². The van der Waals surface area contributed by atoms with Gasteiger partial charge >= 0.3 is 6.18 Å². The summed E-state index contributed by atoms with van der Waals surface area (Å²) in [5.41, 5.74) is 1.28. The molecule has 1 aromatic heterocycles. The molecule has 30 heavy (non-hydrogen) atoms. The Hall–Kier alpha value is -2.94. The fourth-order valence-corrected chi connectivity index (χ4v) is 3.19. The van der Waals surface area contributed by atoms with Crippen LogP contribution in [0, 0.1) is 0 Å². The van der Waals surface area contributed by atoms with Crippen molar-refractivity contribution in [2.75, 3.05) is 26.2 Å². The molecule has 0 unspecified atom stereocenters. The first kappa shape index (κ1) is 21.8. The molecule has 2 heterocycles. The first-order valence-corrected chi connectivity index (χ1v) is 9.47. The molecule has 1 atom stereocenters. The lowest BCUT2D eigenvalue weighted by atomic mass is 10.0. The van der Waals surface area contributed by atoms with Gasteiger partial charge in [0.1, 0.15) is 6.10 Å². The number of alkyl halides is 3. The number of hydrogen-bond donors (Lipinski definition) is 1. The number of amides is 2. The predicted octanol–water partition coefficient (Wildman–Crippen LogP) is 2.73. The van der Waals surface area contributed by atoms with Crippen molar-refractivity contribution in [2.45, 2.75) is 25.6 Å². The molecule has 1 aromatic carbocycles. The number of morpholine rings is 1. The number of nitrogens with zero attached hydrogens (tertiary/aromatic N) is 2. The Kier molecular flexibility index (Phi) is 6.71. The fraction of sp³-hybridized carbons (Fsp3) is 0.381. The highest BCUT2D eigenvalue weighted by molar-refractivity contribution is 5.83. The van der Waals surface area contributed by atoms with E-state index in [4.69, 9.17) is 4.74 Å². The van der Waals surface area contributed by atoms with E-state index in [9.17, 15) is 22.8 Å². The van der Waals surface area contributed by atoms with E-state index in [1.165, 1.54) is 13.0 Å². The van der Waals surface area contributed by atoms with Crippen LogP contribution in [0.2, 0.25) is 0 Å². The summed E-state index contributed by atoms with van der Waals surface area (Å²) < 4.78 is 44.3. The van der Waals surface area contributed by atoms with E-state index in [0.29, 0.717) is 37.4 Å². The molecule has 0 bridgehead atoms. The van der Waals surface area contributed by atoms with Gasteiger partial charge < -0.3 is 15.0 Å². The molecule has 0 saturated carbocycles. The van der Waals surface area contributed by atoms with Crippen molar-refractivity contribution in [3.05, 3.63) is 65.0 Å². The van der Waals surface area contributed by atoms with E-state index < -0.39 is 17.8 Å². The van der Waals surface area contributed by atoms with Gasteiger partial charge in [0.15, 0.2) is 0 Å². The zero-order valence-electron chi connectivity index (χ0n) is 16.4. The number of halogens is 3. The highest BCUT2D eigenvalue weighted by Gasteiger charge is 2.30. The van der Waals surface area contributed by atoms with E-state index in [1.54, 1.807) is 29.3 Å². The summed E-state index contributed by atoms with van der Waals surface area (Å²) in [7, 11) is 0. The zero-order chi connectivity index (χ0) is 21.7. The van der Waals surface area contributed by atoms with Crippen LogP contribution in [0.5, 0.6) is 0 Å². The van der Waals surface area contributed by atoms with E-state index in [2.05, 4.69) is 10.3 Å². The van der Waals surface area contributed by atoms with Crippen LogP contribution in [-0.4, -0.2) is 47.9 Å². The Morgan fingerprint density at radius 2 is 2.03 bits per heavy atom. The van der Waals surface area contributed by atoms with Crippen LogP contribution in [0.15, 0.2) is 42.6 Å². The minimum atomic E-state index is -4.38. The third-order valence-corrected chi connectivity index (χ3v) is 4.75. The Labute approximate surface area is 172 Å². The summed E-state index contributed by atoms with van der Waals surface area (Å²) in [6, 6.07) is 8.77. The molecule has 0 radical (unpaired) electrons. The second kappa shape index (κ2) is 9.25. The Morgan fingerprint density at radius 3 is 2.70 bits per heavy atom. The van der Waals surface area contributed by atoms with Gasteiger partial charge in [-0.15, -0.1) is 0 Å². The predicted molar refractivity (Wildman–Crippen MR) is 102 cm³/mol. The number of aromatic nitrogens is 1. The van der Waals surface area contributed by atoms with Gasteiger partial charge in [0.05, 0.1) is 31.0 Å². The molecule has 9 heteroatoms. The summed E-state index contributed by atoms with van der Waals surface area (Å²) in [5, 5.41) is 2.48. The molecule has 0 spiro atoms. The lowest BCUT2D eigenvalue weighted by Gasteiger charge is -2.32. The van der Waals surface area contributed by atoms with Crippen molar-refractivity contribution >= 4 is 11.8 Å². The maximum absolute atomic E-state index is 12.9. The molecule has 160 valence electrons. The van der Waals surface area contributed by atoms with Crippen molar-refractivity contribution in [2.24, 2.45) is 0 Å².